The fourth-order valence-corrected chi connectivity index (χ4v) is 2.10. The topological polar surface area (TPSA) is 25.8 Å². The molecular formula is C10H4Cl4N2. The van der Waals surface area contributed by atoms with Crippen molar-refractivity contribution in [2.75, 3.05) is 0 Å². The summed E-state index contributed by atoms with van der Waals surface area (Å²) < 4.78 is 0. The highest BCUT2D eigenvalue weighted by Crippen LogP contribution is 2.34. The lowest BCUT2D eigenvalue weighted by atomic mass is 10.1. The Kier molecular flexibility index (Phi) is 3.55. The molecule has 0 saturated heterocycles. The highest BCUT2D eigenvalue weighted by Gasteiger charge is 2.10. The standard InChI is InChI=1S/C10H4Cl4N2/c11-5-1-2-6(8(12)3-5)7-4-9(13)15-16-10(7)14/h1-4H. The van der Waals surface area contributed by atoms with Crippen molar-refractivity contribution in [3.8, 4) is 11.1 Å². The second-order valence-electron chi connectivity index (χ2n) is 3.00. The average molecular weight is 294 g/mol. The largest absolute Gasteiger partial charge is 0.159 e. The van der Waals surface area contributed by atoms with Crippen LogP contribution in [0.3, 0.4) is 0 Å². The predicted octanol–water partition coefficient (Wildman–Crippen LogP) is 4.76. The molecule has 0 fully saturated rings. The first-order valence-corrected chi connectivity index (χ1v) is 5.73. The lowest BCUT2D eigenvalue weighted by Gasteiger charge is -2.06. The average Bonchev–Trinajstić information content (AvgIpc) is 2.22. The number of halogens is 4. The van der Waals surface area contributed by atoms with Crippen molar-refractivity contribution in [1.29, 1.82) is 0 Å². The van der Waals surface area contributed by atoms with Gasteiger partial charge in [-0.3, -0.25) is 0 Å². The number of rotatable bonds is 1. The minimum atomic E-state index is 0.244. The number of aromatic nitrogens is 2. The Morgan fingerprint density at radius 2 is 1.56 bits per heavy atom. The molecule has 0 atom stereocenters. The summed E-state index contributed by atoms with van der Waals surface area (Å²) in [7, 11) is 0. The van der Waals surface area contributed by atoms with Crippen molar-refractivity contribution in [2.45, 2.75) is 0 Å². The molecule has 16 heavy (non-hydrogen) atoms. The Labute approximate surface area is 112 Å². The molecule has 1 heterocycles. The molecule has 1 aromatic heterocycles. The fraction of sp³-hybridized carbons (Fsp3) is 0. The van der Waals surface area contributed by atoms with Gasteiger partial charge in [0.05, 0.1) is 0 Å². The third kappa shape index (κ3) is 2.41. The van der Waals surface area contributed by atoms with E-state index in [0.717, 1.165) is 0 Å². The van der Waals surface area contributed by atoms with Crippen LogP contribution in [0.5, 0.6) is 0 Å². The third-order valence-corrected chi connectivity index (χ3v) is 2.95. The van der Waals surface area contributed by atoms with Crippen molar-refractivity contribution >= 4 is 46.4 Å². The van der Waals surface area contributed by atoms with Crippen LogP contribution in [0.15, 0.2) is 24.3 Å². The van der Waals surface area contributed by atoms with Gasteiger partial charge in [0.1, 0.15) is 0 Å². The smallest absolute Gasteiger partial charge is 0.137 e. The van der Waals surface area contributed by atoms with Crippen molar-refractivity contribution in [3.63, 3.8) is 0 Å². The van der Waals surface area contributed by atoms with Crippen LogP contribution >= 0.6 is 46.4 Å². The van der Waals surface area contributed by atoms with E-state index in [4.69, 9.17) is 46.4 Å². The summed E-state index contributed by atoms with van der Waals surface area (Å²) >= 11 is 23.5. The number of benzene rings is 1. The zero-order valence-electron chi connectivity index (χ0n) is 7.72. The molecule has 2 nitrogen and oxygen atoms in total. The van der Waals surface area contributed by atoms with Crippen LogP contribution in [0.4, 0.5) is 0 Å². The Balaban J connectivity index is 2.62. The maximum absolute atomic E-state index is 6.05. The molecule has 0 N–H and O–H groups in total. The first-order valence-electron chi connectivity index (χ1n) is 4.22. The van der Waals surface area contributed by atoms with Crippen molar-refractivity contribution in [1.82, 2.24) is 10.2 Å². The molecule has 0 aliphatic rings. The normalized spacial score (nSPS) is 10.5. The Hall–Kier alpha value is -0.540. The van der Waals surface area contributed by atoms with Gasteiger partial charge in [-0.2, -0.15) is 0 Å². The van der Waals surface area contributed by atoms with E-state index >= 15 is 0 Å². The molecule has 0 saturated carbocycles. The van der Waals surface area contributed by atoms with Gasteiger partial charge in [0.25, 0.3) is 0 Å². The first-order chi connectivity index (χ1) is 7.58. The van der Waals surface area contributed by atoms with Crippen LogP contribution in [-0.4, -0.2) is 10.2 Å². The maximum atomic E-state index is 6.05. The van der Waals surface area contributed by atoms with Crippen LogP contribution in [-0.2, 0) is 0 Å². The van der Waals surface area contributed by atoms with E-state index in [-0.39, 0.29) is 10.3 Å². The number of hydrogen-bond acceptors (Lipinski definition) is 2. The second kappa shape index (κ2) is 4.76. The molecule has 2 aromatic rings. The molecule has 0 aliphatic heterocycles. The minimum Gasteiger partial charge on any atom is -0.137 e. The van der Waals surface area contributed by atoms with Gasteiger partial charge in [-0.15, -0.1) is 10.2 Å². The van der Waals surface area contributed by atoms with E-state index in [1.54, 1.807) is 24.3 Å². The number of hydrogen-bond donors (Lipinski definition) is 0. The molecule has 0 radical (unpaired) electrons. The predicted molar refractivity (Wildman–Crippen MR) is 67.5 cm³/mol. The summed E-state index contributed by atoms with van der Waals surface area (Å²) in [5, 5.41) is 8.87. The van der Waals surface area contributed by atoms with Gasteiger partial charge in [0.2, 0.25) is 0 Å². The first kappa shape index (κ1) is 11.9. The van der Waals surface area contributed by atoms with Gasteiger partial charge in [-0.25, -0.2) is 0 Å². The Morgan fingerprint density at radius 1 is 0.812 bits per heavy atom. The monoisotopic (exact) mass is 292 g/mol. The molecule has 0 aliphatic carbocycles. The van der Waals surface area contributed by atoms with Gasteiger partial charge in [-0.05, 0) is 18.2 Å². The summed E-state index contributed by atoms with van der Waals surface area (Å²) in [4.78, 5) is 0. The van der Waals surface area contributed by atoms with Crippen LogP contribution in [0.25, 0.3) is 11.1 Å². The fourth-order valence-electron chi connectivity index (χ4n) is 1.25. The van der Waals surface area contributed by atoms with Gasteiger partial charge < -0.3 is 0 Å². The van der Waals surface area contributed by atoms with E-state index in [2.05, 4.69) is 10.2 Å². The van der Waals surface area contributed by atoms with Gasteiger partial charge in [0, 0.05) is 21.2 Å². The molecule has 82 valence electrons. The lowest BCUT2D eigenvalue weighted by molar-refractivity contribution is 1.03. The highest BCUT2D eigenvalue weighted by molar-refractivity contribution is 6.38. The SMILES string of the molecule is Clc1ccc(-c2cc(Cl)nnc2Cl)c(Cl)c1. The van der Waals surface area contributed by atoms with E-state index in [1.165, 1.54) is 0 Å². The third-order valence-electron chi connectivity index (χ3n) is 1.94. The zero-order valence-corrected chi connectivity index (χ0v) is 10.7. The molecule has 6 heteroatoms. The molecule has 0 unspecified atom stereocenters. The van der Waals surface area contributed by atoms with E-state index in [0.29, 0.717) is 21.2 Å². The summed E-state index contributed by atoms with van der Waals surface area (Å²) in [5.41, 5.74) is 1.34. The maximum Gasteiger partial charge on any atom is 0.159 e. The van der Waals surface area contributed by atoms with E-state index in [1.807, 2.05) is 0 Å². The molecule has 2 rings (SSSR count). The highest BCUT2D eigenvalue weighted by atomic mass is 35.5. The van der Waals surface area contributed by atoms with E-state index in [9.17, 15) is 0 Å². The van der Waals surface area contributed by atoms with E-state index < -0.39 is 0 Å². The van der Waals surface area contributed by atoms with Crippen LogP contribution in [0, 0.1) is 0 Å². The Morgan fingerprint density at radius 3 is 2.25 bits per heavy atom. The molecule has 1 aromatic carbocycles. The summed E-state index contributed by atoms with van der Waals surface area (Å²) in [6, 6.07) is 6.70. The van der Waals surface area contributed by atoms with Crippen molar-refractivity contribution in [2.24, 2.45) is 0 Å². The molecular weight excluding hydrogens is 290 g/mol. The zero-order chi connectivity index (χ0) is 11.7. The Bertz CT molecular complexity index is 542. The second-order valence-corrected chi connectivity index (χ2v) is 4.58. The number of nitrogens with zero attached hydrogens (tertiary/aromatic N) is 2. The summed E-state index contributed by atoms with van der Waals surface area (Å²) in [5.74, 6) is 0. The molecule has 0 amide bonds. The minimum absolute atomic E-state index is 0.244. The van der Waals surface area contributed by atoms with Crippen LogP contribution < -0.4 is 0 Å². The van der Waals surface area contributed by atoms with Crippen LogP contribution in [0.2, 0.25) is 20.4 Å². The van der Waals surface area contributed by atoms with Crippen LogP contribution in [0.1, 0.15) is 0 Å². The lowest BCUT2D eigenvalue weighted by Crippen LogP contribution is -1.88. The van der Waals surface area contributed by atoms with Crippen molar-refractivity contribution in [3.05, 3.63) is 44.6 Å². The van der Waals surface area contributed by atoms with Crippen molar-refractivity contribution < 1.29 is 0 Å². The quantitative estimate of drug-likeness (QED) is 0.758. The van der Waals surface area contributed by atoms with Gasteiger partial charge >= 0.3 is 0 Å². The molecule has 0 bridgehead atoms. The summed E-state index contributed by atoms with van der Waals surface area (Å²) in [6.45, 7) is 0. The van der Waals surface area contributed by atoms with Gasteiger partial charge in [-0.1, -0.05) is 52.5 Å². The van der Waals surface area contributed by atoms with Gasteiger partial charge in [0.15, 0.2) is 10.3 Å². The summed E-state index contributed by atoms with van der Waals surface area (Å²) in [6.07, 6.45) is 0. The molecule has 0 spiro atoms.